The van der Waals surface area contributed by atoms with Gasteiger partial charge in [0.25, 0.3) is 0 Å². The Bertz CT molecular complexity index is 758. The first-order valence-electron chi connectivity index (χ1n) is 7.32. The number of rotatable bonds is 1. The van der Waals surface area contributed by atoms with Crippen molar-refractivity contribution in [1.82, 2.24) is 14.5 Å². The van der Waals surface area contributed by atoms with Crippen LogP contribution >= 0.6 is 0 Å². The van der Waals surface area contributed by atoms with E-state index < -0.39 is 9.84 Å². The van der Waals surface area contributed by atoms with E-state index in [4.69, 9.17) is 4.98 Å². The fourth-order valence-electron chi connectivity index (χ4n) is 2.94. The lowest BCUT2D eigenvalue weighted by Crippen LogP contribution is -2.29. The van der Waals surface area contributed by atoms with Crippen LogP contribution in [0.2, 0.25) is 0 Å². The first kappa shape index (κ1) is 14.5. The summed E-state index contributed by atoms with van der Waals surface area (Å²) in [4.78, 5) is 9.22. The number of fused-ring (bicyclic) bond motifs is 1. The van der Waals surface area contributed by atoms with Gasteiger partial charge in [-0.3, -0.25) is 0 Å². The summed E-state index contributed by atoms with van der Waals surface area (Å²) in [7, 11) is -2.86. The number of hydrogen-bond acceptors (Lipinski definition) is 4. The van der Waals surface area contributed by atoms with E-state index in [1.54, 1.807) is 6.20 Å². The molecule has 1 aliphatic heterocycles. The second-order valence-electron chi connectivity index (χ2n) is 6.78. The topological polar surface area (TPSA) is 64.8 Å². The lowest BCUT2D eigenvalue weighted by atomic mass is 9.95. The largest absolute Gasteiger partial charge is 0.309 e. The van der Waals surface area contributed by atoms with Crippen LogP contribution in [0.4, 0.5) is 0 Å². The molecule has 1 saturated heterocycles. The first-order valence-corrected chi connectivity index (χ1v) is 9.14. The summed E-state index contributed by atoms with van der Waals surface area (Å²) in [6.45, 7) is 6.39. The van der Waals surface area contributed by atoms with Crippen molar-refractivity contribution in [2.75, 3.05) is 11.5 Å². The molecule has 3 rings (SSSR count). The van der Waals surface area contributed by atoms with Crippen LogP contribution in [0.1, 0.15) is 45.5 Å². The number of pyridine rings is 1. The second-order valence-corrected chi connectivity index (χ2v) is 9.09. The molecule has 0 atom stereocenters. The van der Waals surface area contributed by atoms with Crippen LogP contribution in [-0.2, 0) is 15.3 Å². The smallest absolute Gasteiger partial charge is 0.160 e. The molecular formula is C15H21N3O2S. The van der Waals surface area contributed by atoms with Crippen molar-refractivity contribution in [3.05, 3.63) is 24.2 Å². The number of sulfone groups is 1. The molecule has 2 aromatic heterocycles. The van der Waals surface area contributed by atoms with Gasteiger partial charge in [-0.05, 0) is 25.0 Å². The van der Waals surface area contributed by atoms with Gasteiger partial charge in [-0.1, -0.05) is 20.8 Å². The average molecular weight is 307 g/mol. The molecule has 114 valence electrons. The number of hydrogen-bond donors (Lipinski definition) is 0. The molecule has 2 aromatic rings. The van der Waals surface area contributed by atoms with Crippen molar-refractivity contribution in [3.8, 4) is 0 Å². The first-order chi connectivity index (χ1) is 9.78. The van der Waals surface area contributed by atoms with Gasteiger partial charge in [0.1, 0.15) is 21.2 Å². The van der Waals surface area contributed by atoms with Crippen LogP contribution in [0.15, 0.2) is 18.3 Å². The molecule has 0 spiro atoms. The van der Waals surface area contributed by atoms with E-state index in [0.29, 0.717) is 12.8 Å². The Hall–Kier alpha value is -1.43. The van der Waals surface area contributed by atoms with Gasteiger partial charge < -0.3 is 4.57 Å². The Morgan fingerprint density at radius 3 is 2.52 bits per heavy atom. The molecule has 0 unspecified atom stereocenters. The van der Waals surface area contributed by atoms with Crippen LogP contribution in [-0.4, -0.2) is 34.5 Å². The standard InChI is InChI=1S/C15H21N3O2S/c1-15(2,3)14-17-12-5-4-8-16-13(12)18(14)11-6-9-21(19,20)10-7-11/h4-5,8,11H,6-7,9-10H2,1-3H3. The van der Waals surface area contributed by atoms with E-state index in [2.05, 4.69) is 30.3 Å². The summed E-state index contributed by atoms with van der Waals surface area (Å²) < 4.78 is 25.5. The Morgan fingerprint density at radius 1 is 1.24 bits per heavy atom. The minimum atomic E-state index is -2.86. The van der Waals surface area contributed by atoms with E-state index in [9.17, 15) is 8.42 Å². The van der Waals surface area contributed by atoms with Crippen LogP contribution in [0.3, 0.4) is 0 Å². The maximum Gasteiger partial charge on any atom is 0.160 e. The summed E-state index contributed by atoms with van der Waals surface area (Å²) >= 11 is 0. The van der Waals surface area contributed by atoms with Gasteiger partial charge in [-0.25, -0.2) is 18.4 Å². The van der Waals surface area contributed by atoms with Gasteiger partial charge in [-0.15, -0.1) is 0 Å². The summed E-state index contributed by atoms with van der Waals surface area (Å²) in [5.41, 5.74) is 1.65. The highest BCUT2D eigenvalue weighted by Gasteiger charge is 2.31. The molecule has 0 radical (unpaired) electrons. The SMILES string of the molecule is CC(C)(C)c1nc2cccnc2n1C1CCS(=O)(=O)CC1. The zero-order valence-corrected chi connectivity index (χ0v) is 13.5. The maximum absolute atomic E-state index is 11.7. The predicted molar refractivity (Wildman–Crippen MR) is 83.2 cm³/mol. The third-order valence-electron chi connectivity index (χ3n) is 4.01. The van der Waals surface area contributed by atoms with Gasteiger partial charge in [-0.2, -0.15) is 0 Å². The van der Waals surface area contributed by atoms with E-state index in [1.807, 2.05) is 12.1 Å². The Morgan fingerprint density at radius 2 is 1.90 bits per heavy atom. The molecule has 3 heterocycles. The van der Waals surface area contributed by atoms with Crippen LogP contribution < -0.4 is 0 Å². The molecule has 0 N–H and O–H groups in total. The van der Waals surface area contributed by atoms with Crippen molar-refractivity contribution >= 4 is 21.0 Å². The highest BCUT2D eigenvalue weighted by Crippen LogP contribution is 2.33. The second kappa shape index (κ2) is 4.80. The molecule has 0 aromatic carbocycles. The van der Waals surface area contributed by atoms with E-state index in [-0.39, 0.29) is 23.0 Å². The van der Waals surface area contributed by atoms with Crippen molar-refractivity contribution in [2.24, 2.45) is 0 Å². The zero-order valence-electron chi connectivity index (χ0n) is 12.7. The third kappa shape index (κ3) is 2.69. The highest BCUT2D eigenvalue weighted by molar-refractivity contribution is 7.91. The fraction of sp³-hybridized carbons (Fsp3) is 0.600. The molecule has 21 heavy (non-hydrogen) atoms. The monoisotopic (exact) mass is 307 g/mol. The lowest BCUT2D eigenvalue weighted by Gasteiger charge is -2.28. The zero-order chi connectivity index (χ0) is 15.3. The Balaban J connectivity index is 2.12. The Labute approximate surface area is 125 Å². The lowest BCUT2D eigenvalue weighted by molar-refractivity contribution is 0.409. The summed E-state index contributed by atoms with van der Waals surface area (Å²) in [5, 5.41) is 0. The molecule has 5 nitrogen and oxygen atoms in total. The van der Waals surface area contributed by atoms with Crippen molar-refractivity contribution in [1.29, 1.82) is 0 Å². The fourth-order valence-corrected chi connectivity index (χ4v) is 4.41. The minimum Gasteiger partial charge on any atom is -0.309 e. The molecule has 0 amide bonds. The number of aromatic nitrogens is 3. The van der Waals surface area contributed by atoms with Gasteiger partial charge in [0.2, 0.25) is 0 Å². The molecule has 0 aliphatic carbocycles. The number of imidazole rings is 1. The van der Waals surface area contributed by atoms with E-state index in [0.717, 1.165) is 17.0 Å². The number of nitrogens with zero attached hydrogens (tertiary/aromatic N) is 3. The molecule has 6 heteroatoms. The van der Waals surface area contributed by atoms with E-state index >= 15 is 0 Å². The van der Waals surface area contributed by atoms with Gasteiger partial charge in [0, 0.05) is 17.7 Å². The van der Waals surface area contributed by atoms with Crippen LogP contribution in [0, 0.1) is 0 Å². The molecule has 0 saturated carbocycles. The molecule has 1 aliphatic rings. The highest BCUT2D eigenvalue weighted by atomic mass is 32.2. The Kier molecular flexibility index (Phi) is 3.31. The van der Waals surface area contributed by atoms with Crippen LogP contribution in [0.5, 0.6) is 0 Å². The van der Waals surface area contributed by atoms with E-state index in [1.165, 1.54) is 0 Å². The summed E-state index contributed by atoms with van der Waals surface area (Å²) in [6.07, 6.45) is 3.06. The predicted octanol–water partition coefficient (Wildman–Crippen LogP) is 2.48. The van der Waals surface area contributed by atoms with Crippen molar-refractivity contribution < 1.29 is 8.42 Å². The van der Waals surface area contributed by atoms with Crippen molar-refractivity contribution in [2.45, 2.75) is 45.1 Å². The van der Waals surface area contributed by atoms with Gasteiger partial charge >= 0.3 is 0 Å². The summed E-state index contributed by atoms with van der Waals surface area (Å²) in [5.74, 6) is 1.50. The van der Waals surface area contributed by atoms with Gasteiger partial charge in [0.05, 0.1) is 11.5 Å². The van der Waals surface area contributed by atoms with Crippen molar-refractivity contribution in [3.63, 3.8) is 0 Å². The summed E-state index contributed by atoms with van der Waals surface area (Å²) in [6, 6.07) is 4.02. The van der Waals surface area contributed by atoms with Gasteiger partial charge in [0.15, 0.2) is 5.65 Å². The quantitative estimate of drug-likeness (QED) is 0.812. The maximum atomic E-state index is 11.7. The molecule has 1 fully saturated rings. The molecular weight excluding hydrogens is 286 g/mol. The van der Waals surface area contributed by atoms with Crippen LogP contribution in [0.25, 0.3) is 11.2 Å². The molecule has 0 bridgehead atoms. The minimum absolute atomic E-state index is 0.100. The average Bonchev–Trinajstić information content (AvgIpc) is 2.78. The normalized spacial score (nSPS) is 20.0. The third-order valence-corrected chi connectivity index (χ3v) is 5.72.